The molecule has 1 aliphatic carbocycles. The zero-order valence-corrected chi connectivity index (χ0v) is 7.99. The van der Waals surface area contributed by atoms with Crippen LogP contribution in [0.3, 0.4) is 0 Å². The summed E-state index contributed by atoms with van der Waals surface area (Å²) >= 11 is 0. The van der Waals surface area contributed by atoms with Crippen molar-refractivity contribution >= 4 is 5.97 Å². The monoisotopic (exact) mass is 187 g/mol. The van der Waals surface area contributed by atoms with Gasteiger partial charge in [0.05, 0.1) is 0 Å². The van der Waals surface area contributed by atoms with Crippen molar-refractivity contribution in [3.8, 4) is 0 Å². The van der Waals surface area contributed by atoms with Gasteiger partial charge in [-0.05, 0) is 25.7 Å². The lowest BCUT2D eigenvalue weighted by atomic mass is 9.96. The third kappa shape index (κ3) is 3.32. The van der Waals surface area contributed by atoms with E-state index in [-0.39, 0.29) is 12.1 Å². The molecule has 0 heterocycles. The van der Waals surface area contributed by atoms with E-state index in [1.807, 2.05) is 0 Å². The van der Waals surface area contributed by atoms with Crippen LogP contribution in [0, 0.1) is 0 Å². The Morgan fingerprint density at radius 2 is 2.31 bits per heavy atom. The van der Waals surface area contributed by atoms with Crippen LogP contribution in [0.25, 0.3) is 0 Å². The molecule has 0 aliphatic heterocycles. The topological polar surface area (TPSA) is 61.5 Å². The summed E-state index contributed by atoms with van der Waals surface area (Å²) in [6.07, 6.45) is 3.79. The van der Waals surface area contributed by atoms with E-state index in [4.69, 9.17) is 15.2 Å². The van der Waals surface area contributed by atoms with Crippen molar-refractivity contribution in [1.82, 2.24) is 0 Å². The number of rotatable bonds is 5. The molecule has 1 unspecified atom stereocenters. The SMILES string of the molecule is COCCC(N)C(=O)OC1CCC1. The van der Waals surface area contributed by atoms with Crippen molar-refractivity contribution in [1.29, 1.82) is 0 Å². The number of carbonyl (C=O) groups excluding carboxylic acids is 1. The van der Waals surface area contributed by atoms with Crippen LogP contribution >= 0.6 is 0 Å². The quantitative estimate of drug-likeness (QED) is 0.635. The molecule has 1 aliphatic rings. The predicted molar refractivity (Wildman–Crippen MR) is 48.2 cm³/mol. The molecule has 0 spiro atoms. The third-order valence-electron chi connectivity index (χ3n) is 2.27. The summed E-state index contributed by atoms with van der Waals surface area (Å²) in [6, 6.07) is -0.527. The van der Waals surface area contributed by atoms with E-state index in [0.29, 0.717) is 13.0 Å². The molecule has 1 rings (SSSR count). The van der Waals surface area contributed by atoms with Crippen LogP contribution in [0.1, 0.15) is 25.7 Å². The van der Waals surface area contributed by atoms with E-state index in [1.54, 1.807) is 7.11 Å². The van der Waals surface area contributed by atoms with Gasteiger partial charge in [0.25, 0.3) is 0 Å². The minimum Gasteiger partial charge on any atom is -0.461 e. The number of hydrogen-bond acceptors (Lipinski definition) is 4. The number of methoxy groups -OCH3 is 1. The standard InChI is InChI=1S/C9H17NO3/c1-12-6-5-8(10)9(11)13-7-3-2-4-7/h7-8H,2-6,10H2,1H3. The van der Waals surface area contributed by atoms with E-state index >= 15 is 0 Å². The van der Waals surface area contributed by atoms with Gasteiger partial charge in [0.1, 0.15) is 12.1 Å². The Labute approximate surface area is 78.4 Å². The first-order valence-electron chi connectivity index (χ1n) is 4.69. The summed E-state index contributed by atoms with van der Waals surface area (Å²) in [6.45, 7) is 0.501. The minimum absolute atomic E-state index is 0.126. The Kier molecular flexibility index (Phi) is 4.18. The van der Waals surface area contributed by atoms with Crippen molar-refractivity contribution < 1.29 is 14.3 Å². The minimum atomic E-state index is -0.527. The highest BCUT2D eigenvalue weighted by Gasteiger charge is 2.24. The average Bonchev–Trinajstić information content (AvgIpc) is 2.06. The van der Waals surface area contributed by atoms with Crippen molar-refractivity contribution in [2.24, 2.45) is 5.73 Å². The molecule has 2 N–H and O–H groups in total. The molecule has 0 radical (unpaired) electrons. The first-order valence-corrected chi connectivity index (χ1v) is 4.69. The van der Waals surface area contributed by atoms with Crippen LogP contribution in [-0.4, -0.2) is 31.8 Å². The van der Waals surface area contributed by atoms with Crippen molar-refractivity contribution in [3.05, 3.63) is 0 Å². The van der Waals surface area contributed by atoms with E-state index < -0.39 is 6.04 Å². The van der Waals surface area contributed by atoms with E-state index in [1.165, 1.54) is 0 Å². The molecule has 76 valence electrons. The van der Waals surface area contributed by atoms with Gasteiger partial charge < -0.3 is 15.2 Å². The molecule has 4 nitrogen and oxygen atoms in total. The van der Waals surface area contributed by atoms with Gasteiger partial charge >= 0.3 is 5.97 Å². The van der Waals surface area contributed by atoms with Gasteiger partial charge in [-0.3, -0.25) is 4.79 Å². The molecule has 0 aromatic heterocycles. The summed E-state index contributed by atoms with van der Waals surface area (Å²) in [5.74, 6) is -0.290. The fraction of sp³-hybridized carbons (Fsp3) is 0.889. The molecule has 4 heteroatoms. The van der Waals surface area contributed by atoms with Gasteiger partial charge in [-0.1, -0.05) is 0 Å². The maximum absolute atomic E-state index is 11.2. The lowest BCUT2D eigenvalue weighted by molar-refractivity contribution is -0.154. The predicted octanol–water partition coefficient (Wildman–Crippen LogP) is 0.446. The van der Waals surface area contributed by atoms with E-state index in [9.17, 15) is 4.79 Å². The van der Waals surface area contributed by atoms with Gasteiger partial charge in [0, 0.05) is 13.7 Å². The maximum Gasteiger partial charge on any atom is 0.323 e. The molecule has 0 saturated heterocycles. The Hall–Kier alpha value is -0.610. The first-order chi connectivity index (χ1) is 6.24. The van der Waals surface area contributed by atoms with Gasteiger partial charge in [-0.2, -0.15) is 0 Å². The molecule has 1 atom stereocenters. The van der Waals surface area contributed by atoms with Gasteiger partial charge in [-0.15, -0.1) is 0 Å². The van der Waals surface area contributed by atoms with Crippen molar-refractivity contribution in [3.63, 3.8) is 0 Å². The summed E-state index contributed by atoms with van der Waals surface area (Å²) in [7, 11) is 1.59. The van der Waals surface area contributed by atoms with Crippen LogP contribution in [0.2, 0.25) is 0 Å². The van der Waals surface area contributed by atoms with Crippen LogP contribution in [-0.2, 0) is 14.3 Å². The highest BCUT2D eigenvalue weighted by Crippen LogP contribution is 2.22. The maximum atomic E-state index is 11.2. The molecular formula is C9H17NO3. The summed E-state index contributed by atoms with van der Waals surface area (Å²) in [5.41, 5.74) is 5.58. The Balaban J connectivity index is 2.13. The Morgan fingerprint density at radius 1 is 1.62 bits per heavy atom. The lowest BCUT2D eigenvalue weighted by Gasteiger charge is -2.26. The molecule has 1 fully saturated rings. The van der Waals surface area contributed by atoms with Gasteiger partial charge in [-0.25, -0.2) is 0 Å². The first kappa shape index (κ1) is 10.5. The van der Waals surface area contributed by atoms with Crippen LogP contribution < -0.4 is 5.73 Å². The molecule has 1 saturated carbocycles. The second-order valence-electron chi connectivity index (χ2n) is 3.38. The van der Waals surface area contributed by atoms with Crippen LogP contribution in [0.5, 0.6) is 0 Å². The number of nitrogens with two attached hydrogens (primary N) is 1. The highest BCUT2D eigenvalue weighted by molar-refractivity contribution is 5.75. The zero-order chi connectivity index (χ0) is 9.68. The fourth-order valence-corrected chi connectivity index (χ4v) is 1.10. The highest BCUT2D eigenvalue weighted by atomic mass is 16.5. The molecule has 13 heavy (non-hydrogen) atoms. The Morgan fingerprint density at radius 3 is 2.77 bits per heavy atom. The summed E-state index contributed by atoms with van der Waals surface area (Å²) in [5, 5.41) is 0. The molecule has 0 bridgehead atoms. The van der Waals surface area contributed by atoms with Gasteiger partial charge in [0.15, 0.2) is 0 Å². The number of esters is 1. The largest absolute Gasteiger partial charge is 0.461 e. The molecular weight excluding hydrogens is 170 g/mol. The zero-order valence-electron chi connectivity index (χ0n) is 7.99. The van der Waals surface area contributed by atoms with Crippen LogP contribution in [0.4, 0.5) is 0 Å². The fourth-order valence-electron chi connectivity index (χ4n) is 1.10. The van der Waals surface area contributed by atoms with Gasteiger partial charge in [0.2, 0.25) is 0 Å². The number of carbonyl (C=O) groups is 1. The van der Waals surface area contributed by atoms with Crippen LogP contribution in [0.15, 0.2) is 0 Å². The summed E-state index contributed by atoms with van der Waals surface area (Å²) in [4.78, 5) is 11.2. The van der Waals surface area contributed by atoms with E-state index in [0.717, 1.165) is 19.3 Å². The van der Waals surface area contributed by atoms with Crippen molar-refractivity contribution in [2.75, 3.05) is 13.7 Å². The molecule has 0 aromatic rings. The normalized spacial score (nSPS) is 19.2. The smallest absolute Gasteiger partial charge is 0.323 e. The second kappa shape index (κ2) is 5.19. The van der Waals surface area contributed by atoms with Crippen molar-refractivity contribution in [2.45, 2.75) is 37.8 Å². The Bertz CT molecular complexity index is 168. The molecule has 0 amide bonds. The number of hydrogen-bond donors (Lipinski definition) is 1. The lowest BCUT2D eigenvalue weighted by Crippen LogP contribution is -2.37. The van der Waals surface area contributed by atoms with E-state index in [2.05, 4.69) is 0 Å². The number of ether oxygens (including phenoxy) is 2. The summed E-state index contributed by atoms with van der Waals surface area (Å²) < 4.78 is 9.95. The third-order valence-corrected chi connectivity index (χ3v) is 2.27. The molecule has 0 aromatic carbocycles. The average molecular weight is 187 g/mol. The second-order valence-corrected chi connectivity index (χ2v) is 3.38.